The minimum atomic E-state index is 0.402. The molecule has 0 fully saturated rings. The van der Waals surface area contributed by atoms with Crippen LogP contribution in [0.3, 0.4) is 0 Å². The summed E-state index contributed by atoms with van der Waals surface area (Å²) in [5.41, 5.74) is 0.708. The summed E-state index contributed by atoms with van der Waals surface area (Å²) < 4.78 is 21.6. The summed E-state index contributed by atoms with van der Waals surface area (Å²) in [7, 11) is 4.66. The van der Waals surface area contributed by atoms with Gasteiger partial charge >= 0.3 is 0 Å². The van der Waals surface area contributed by atoms with Gasteiger partial charge in [0.2, 0.25) is 11.6 Å². The van der Waals surface area contributed by atoms with Crippen LogP contribution >= 0.6 is 22.6 Å². The molecule has 2 aromatic rings. The third kappa shape index (κ3) is 2.35. The van der Waals surface area contributed by atoms with Crippen molar-refractivity contribution < 1.29 is 18.6 Å². The topological polar surface area (TPSA) is 66.6 Å². The van der Waals surface area contributed by atoms with Crippen molar-refractivity contribution in [2.45, 2.75) is 0 Å². The first-order valence-corrected chi connectivity index (χ1v) is 6.07. The number of benzene rings is 1. The summed E-state index contributed by atoms with van der Waals surface area (Å²) in [5.74, 6) is 2.01. The van der Waals surface area contributed by atoms with E-state index in [4.69, 9.17) is 18.6 Å². The van der Waals surface area contributed by atoms with Crippen LogP contribution in [0.4, 0.5) is 0 Å². The van der Waals surface area contributed by atoms with Crippen LogP contribution in [0.25, 0.3) is 11.5 Å². The molecule has 0 N–H and O–H groups in total. The first kappa shape index (κ1) is 12.9. The Morgan fingerprint density at radius 1 is 1.00 bits per heavy atom. The first-order chi connectivity index (χ1) is 8.69. The summed E-state index contributed by atoms with van der Waals surface area (Å²) in [5, 5.41) is 7.72. The molecule has 1 heterocycles. The van der Waals surface area contributed by atoms with Crippen molar-refractivity contribution >= 4 is 22.6 Å². The second-order valence-electron chi connectivity index (χ2n) is 3.27. The van der Waals surface area contributed by atoms with Crippen molar-refractivity contribution in [3.8, 4) is 28.7 Å². The maximum absolute atomic E-state index is 5.35. The van der Waals surface area contributed by atoms with Crippen LogP contribution in [0.1, 0.15) is 0 Å². The molecule has 0 atom stereocenters. The minimum Gasteiger partial charge on any atom is -0.493 e. The van der Waals surface area contributed by atoms with E-state index in [1.807, 2.05) is 22.6 Å². The summed E-state index contributed by atoms with van der Waals surface area (Å²) in [6.07, 6.45) is 0. The van der Waals surface area contributed by atoms with Gasteiger partial charge in [0.15, 0.2) is 11.5 Å². The normalized spacial score (nSPS) is 10.2. The van der Waals surface area contributed by atoms with Crippen molar-refractivity contribution in [3.63, 3.8) is 0 Å². The zero-order chi connectivity index (χ0) is 13.1. The highest BCUT2D eigenvalue weighted by Crippen LogP contribution is 2.40. The van der Waals surface area contributed by atoms with Crippen LogP contribution in [-0.4, -0.2) is 31.5 Å². The lowest BCUT2D eigenvalue weighted by molar-refractivity contribution is 0.324. The van der Waals surface area contributed by atoms with E-state index >= 15 is 0 Å². The molecule has 0 bridgehead atoms. The maximum atomic E-state index is 5.35. The second-order valence-corrected chi connectivity index (χ2v) is 4.20. The van der Waals surface area contributed by atoms with Gasteiger partial charge < -0.3 is 18.6 Å². The van der Waals surface area contributed by atoms with Crippen molar-refractivity contribution in [1.82, 2.24) is 10.2 Å². The number of hydrogen-bond acceptors (Lipinski definition) is 6. The molecule has 0 amide bonds. The number of hydrogen-bond donors (Lipinski definition) is 0. The third-order valence-electron chi connectivity index (χ3n) is 2.31. The van der Waals surface area contributed by atoms with Crippen molar-refractivity contribution in [2.24, 2.45) is 0 Å². The highest BCUT2D eigenvalue weighted by atomic mass is 127. The average molecular weight is 362 g/mol. The van der Waals surface area contributed by atoms with Gasteiger partial charge in [-0.3, -0.25) is 0 Å². The van der Waals surface area contributed by atoms with Crippen molar-refractivity contribution in [2.75, 3.05) is 21.3 Å². The molecule has 0 saturated carbocycles. The van der Waals surface area contributed by atoms with Gasteiger partial charge in [-0.2, -0.15) is 0 Å². The Kier molecular flexibility index (Phi) is 3.90. The highest BCUT2D eigenvalue weighted by molar-refractivity contribution is 14.1. The molecule has 0 aliphatic rings. The molecule has 18 heavy (non-hydrogen) atoms. The first-order valence-electron chi connectivity index (χ1n) is 4.99. The monoisotopic (exact) mass is 362 g/mol. The molecule has 1 aromatic heterocycles. The average Bonchev–Trinajstić information content (AvgIpc) is 2.83. The van der Waals surface area contributed by atoms with E-state index < -0.39 is 0 Å². The smallest absolute Gasteiger partial charge is 0.278 e. The predicted octanol–water partition coefficient (Wildman–Crippen LogP) is 2.37. The lowest BCUT2D eigenvalue weighted by atomic mass is 10.2. The van der Waals surface area contributed by atoms with Crippen LogP contribution < -0.4 is 14.2 Å². The van der Waals surface area contributed by atoms with Crippen LogP contribution in [0.15, 0.2) is 16.5 Å². The Balaban J connectivity index is 2.56. The van der Waals surface area contributed by atoms with E-state index in [0.29, 0.717) is 32.6 Å². The quantitative estimate of drug-likeness (QED) is 0.778. The van der Waals surface area contributed by atoms with Crippen molar-refractivity contribution in [1.29, 1.82) is 0 Å². The van der Waals surface area contributed by atoms with Gasteiger partial charge in [0.25, 0.3) is 3.90 Å². The number of halogens is 1. The number of nitrogens with zero attached hydrogens (tertiary/aromatic N) is 2. The minimum absolute atomic E-state index is 0.402. The summed E-state index contributed by atoms with van der Waals surface area (Å²) in [6, 6.07) is 3.51. The Morgan fingerprint density at radius 3 is 2.00 bits per heavy atom. The molecular formula is C11H11IN2O4. The molecule has 1 aromatic carbocycles. The summed E-state index contributed by atoms with van der Waals surface area (Å²) in [4.78, 5) is 0. The molecule has 6 nitrogen and oxygen atoms in total. The molecule has 2 rings (SSSR count). The molecule has 0 unspecified atom stereocenters. The Morgan fingerprint density at radius 2 is 1.61 bits per heavy atom. The fourth-order valence-electron chi connectivity index (χ4n) is 1.53. The molecule has 0 aliphatic carbocycles. The molecule has 0 radical (unpaired) electrons. The van der Waals surface area contributed by atoms with Gasteiger partial charge in [0.05, 0.1) is 21.3 Å². The van der Waals surface area contributed by atoms with E-state index in [1.165, 1.54) is 0 Å². The van der Waals surface area contributed by atoms with Gasteiger partial charge in [0, 0.05) is 28.2 Å². The van der Waals surface area contributed by atoms with Crippen LogP contribution in [0.5, 0.6) is 17.2 Å². The molecule has 96 valence electrons. The van der Waals surface area contributed by atoms with Gasteiger partial charge in [-0.1, -0.05) is 0 Å². The second kappa shape index (κ2) is 5.42. The summed E-state index contributed by atoms with van der Waals surface area (Å²) in [6.45, 7) is 0. The lowest BCUT2D eigenvalue weighted by Gasteiger charge is -2.12. The van der Waals surface area contributed by atoms with Crippen LogP contribution in [0, 0.1) is 3.90 Å². The molecule has 0 aliphatic heterocycles. The fourth-order valence-corrected chi connectivity index (χ4v) is 1.84. The zero-order valence-electron chi connectivity index (χ0n) is 10.1. The van der Waals surface area contributed by atoms with E-state index in [-0.39, 0.29) is 0 Å². The van der Waals surface area contributed by atoms with Crippen molar-refractivity contribution in [3.05, 3.63) is 16.0 Å². The molecule has 0 spiro atoms. The standard InChI is InChI=1S/C11H11IN2O4/c1-15-7-4-6(10-13-14-11(12)18-10)5-8(16-2)9(7)17-3/h4-5H,1-3H3. The molecule has 0 saturated heterocycles. The zero-order valence-corrected chi connectivity index (χ0v) is 12.2. The van der Waals surface area contributed by atoms with Gasteiger partial charge in [-0.15, -0.1) is 10.2 Å². The third-order valence-corrected chi connectivity index (χ3v) is 2.75. The van der Waals surface area contributed by atoms with Crippen LogP contribution in [-0.2, 0) is 0 Å². The van der Waals surface area contributed by atoms with E-state index in [1.54, 1.807) is 33.5 Å². The van der Waals surface area contributed by atoms with Gasteiger partial charge in [-0.05, 0) is 12.1 Å². The summed E-state index contributed by atoms with van der Waals surface area (Å²) >= 11 is 1.95. The largest absolute Gasteiger partial charge is 0.493 e. The SMILES string of the molecule is COc1cc(-c2nnc(I)o2)cc(OC)c1OC. The number of ether oxygens (including phenoxy) is 3. The number of aromatic nitrogens is 2. The van der Waals surface area contributed by atoms with E-state index in [2.05, 4.69) is 10.2 Å². The van der Waals surface area contributed by atoms with Crippen LogP contribution in [0.2, 0.25) is 0 Å². The van der Waals surface area contributed by atoms with E-state index in [0.717, 1.165) is 0 Å². The predicted molar refractivity (Wildman–Crippen MR) is 72.1 cm³/mol. The van der Waals surface area contributed by atoms with Gasteiger partial charge in [0.1, 0.15) is 0 Å². The Labute approximate surface area is 117 Å². The van der Waals surface area contributed by atoms with Gasteiger partial charge in [-0.25, -0.2) is 0 Å². The molecular weight excluding hydrogens is 351 g/mol. The lowest BCUT2D eigenvalue weighted by Crippen LogP contribution is -1.95. The number of rotatable bonds is 4. The fraction of sp³-hybridized carbons (Fsp3) is 0.273. The number of methoxy groups -OCH3 is 3. The molecule has 7 heteroatoms. The Bertz CT molecular complexity index is 531. The highest BCUT2D eigenvalue weighted by Gasteiger charge is 2.16. The maximum Gasteiger partial charge on any atom is 0.278 e. The Hall–Kier alpha value is -1.51. The van der Waals surface area contributed by atoms with E-state index in [9.17, 15) is 0 Å².